The first-order valence-corrected chi connectivity index (χ1v) is 8.55. The Kier molecular flexibility index (Phi) is 6.33. The molecular formula is C16H30N4O. The van der Waals surface area contributed by atoms with E-state index in [1.165, 1.54) is 19.3 Å². The Morgan fingerprint density at radius 3 is 2.57 bits per heavy atom. The van der Waals surface area contributed by atoms with Crippen molar-refractivity contribution in [3.63, 3.8) is 0 Å². The zero-order chi connectivity index (χ0) is 15.1. The van der Waals surface area contributed by atoms with Crippen LogP contribution in [-0.2, 0) is 4.79 Å². The average Bonchev–Trinajstić information content (AvgIpc) is 3.01. The average molecular weight is 294 g/mol. The summed E-state index contributed by atoms with van der Waals surface area (Å²) in [6, 6.07) is 0.405. The van der Waals surface area contributed by atoms with Gasteiger partial charge in [-0.05, 0) is 46.0 Å². The molecule has 2 saturated heterocycles. The minimum atomic E-state index is 0.267. The zero-order valence-corrected chi connectivity index (χ0v) is 13.6. The fourth-order valence-electron chi connectivity index (χ4n) is 3.22. The molecule has 1 N–H and O–H groups in total. The molecule has 0 aromatic rings. The van der Waals surface area contributed by atoms with E-state index in [0.29, 0.717) is 19.0 Å². The van der Waals surface area contributed by atoms with Crippen LogP contribution in [-0.4, -0.2) is 60.4 Å². The van der Waals surface area contributed by atoms with Gasteiger partial charge < -0.3 is 15.1 Å². The normalized spacial score (nSPS) is 23.5. The third-order valence-electron chi connectivity index (χ3n) is 4.45. The van der Waals surface area contributed by atoms with Gasteiger partial charge in [0.2, 0.25) is 5.91 Å². The van der Waals surface area contributed by atoms with Crippen molar-refractivity contribution in [3.8, 4) is 0 Å². The Morgan fingerprint density at radius 2 is 1.90 bits per heavy atom. The van der Waals surface area contributed by atoms with Crippen LogP contribution in [0.25, 0.3) is 0 Å². The number of hydrogen-bond donors (Lipinski definition) is 1. The summed E-state index contributed by atoms with van der Waals surface area (Å²) in [4.78, 5) is 21.3. The largest absolute Gasteiger partial charge is 0.357 e. The van der Waals surface area contributed by atoms with Crippen LogP contribution in [0, 0.1) is 0 Å². The molecule has 0 aliphatic carbocycles. The van der Waals surface area contributed by atoms with Gasteiger partial charge in [0.1, 0.15) is 0 Å². The van der Waals surface area contributed by atoms with Gasteiger partial charge in [-0.2, -0.15) is 0 Å². The molecule has 0 aromatic heterocycles. The molecule has 1 unspecified atom stereocenters. The lowest BCUT2D eigenvalue weighted by molar-refractivity contribution is -0.134. The third kappa shape index (κ3) is 4.61. The molecule has 5 nitrogen and oxygen atoms in total. The molecule has 1 amide bonds. The maximum absolute atomic E-state index is 12.3. The van der Waals surface area contributed by atoms with Gasteiger partial charge >= 0.3 is 0 Å². The minimum absolute atomic E-state index is 0.267. The van der Waals surface area contributed by atoms with E-state index in [9.17, 15) is 4.79 Å². The highest BCUT2D eigenvalue weighted by molar-refractivity contribution is 5.81. The summed E-state index contributed by atoms with van der Waals surface area (Å²) >= 11 is 0. The summed E-state index contributed by atoms with van der Waals surface area (Å²) in [6.45, 7) is 8.83. The van der Waals surface area contributed by atoms with Gasteiger partial charge in [-0.15, -0.1) is 0 Å². The van der Waals surface area contributed by atoms with Crippen molar-refractivity contribution in [2.75, 3.05) is 32.7 Å². The quantitative estimate of drug-likeness (QED) is 0.636. The van der Waals surface area contributed by atoms with Crippen molar-refractivity contribution in [1.29, 1.82) is 0 Å². The summed E-state index contributed by atoms with van der Waals surface area (Å²) in [5.41, 5.74) is 0. The van der Waals surface area contributed by atoms with Crippen molar-refractivity contribution in [2.24, 2.45) is 4.99 Å². The number of hydrogen-bond acceptors (Lipinski definition) is 2. The van der Waals surface area contributed by atoms with Gasteiger partial charge in [0, 0.05) is 38.6 Å². The van der Waals surface area contributed by atoms with Crippen LogP contribution in [0.2, 0.25) is 0 Å². The number of aliphatic imine (C=N–C) groups is 1. The van der Waals surface area contributed by atoms with Gasteiger partial charge in [0.15, 0.2) is 5.96 Å². The summed E-state index contributed by atoms with van der Waals surface area (Å²) in [5.74, 6) is 1.25. The first-order valence-electron chi connectivity index (χ1n) is 8.55. The topological polar surface area (TPSA) is 47.9 Å². The predicted octanol–water partition coefficient (Wildman–Crippen LogP) is 1.84. The molecule has 2 fully saturated rings. The summed E-state index contributed by atoms with van der Waals surface area (Å²) in [6.07, 6.45) is 6.57. The number of rotatable bonds is 4. The van der Waals surface area contributed by atoms with E-state index in [4.69, 9.17) is 0 Å². The summed E-state index contributed by atoms with van der Waals surface area (Å²) < 4.78 is 0. The van der Waals surface area contributed by atoms with Crippen LogP contribution >= 0.6 is 0 Å². The number of carbonyl (C=O) groups excluding carboxylic acids is 1. The van der Waals surface area contributed by atoms with Crippen LogP contribution in [0.5, 0.6) is 0 Å². The number of piperidine rings is 1. The molecule has 21 heavy (non-hydrogen) atoms. The Bertz CT molecular complexity index is 363. The van der Waals surface area contributed by atoms with Crippen LogP contribution in [0.3, 0.4) is 0 Å². The molecule has 0 aromatic carbocycles. The second kappa shape index (κ2) is 8.25. The standard InChI is InChI=1S/C16H30N4O/c1-3-17-16(19-11-6-7-12-19)18-10-9-15(21)20-13-5-4-8-14(20)2/h14H,3-13H2,1-2H3,(H,17,18). The summed E-state index contributed by atoms with van der Waals surface area (Å²) in [5, 5.41) is 3.34. The molecule has 0 radical (unpaired) electrons. The van der Waals surface area contributed by atoms with E-state index in [-0.39, 0.29) is 5.91 Å². The maximum atomic E-state index is 12.3. The van der Waals surface area contributed by atoms with E-state index in [2.05, 4.69) is 29.1 Å². The van der Waals surface area contributed by atoms with E-state index < -0.39 is 0 Å². The molecule has 1 atom stereocenters. The monoisotopic (exact) mass is 294 g/mol. The first kappa shape index (κ1) is 16.1. The van der Waals surface area contributed by atoms with E-state index >= 15 is 0 Å². The van der Waals surface area contributed by atoms with Crippen LogP contribution in [0.15, 0.2) is 4.99 Å². The van der Waals surface area contributed by atoms with Gasteiger partial charge in [0.25, 0.3) is 0 Å². The highest BCUT2D eigenvalue weighted by Gasteiger charge is 2.22. The zero-order valence-electron chi connectivity index (χ0n) is 13.6. The molecule has 2 heterocycles. The lowest BCUT2D eigenvalue weighted by Gasteiger charge is -2.33. The SMILES string of the molecule is CCNC(=NCCC(=O)N1CCCCC1C)N1CCCC1. The number of nitrogens with one attached hydrogen (secondary N) is 1. The van der Waals surface area contributed by atoms with E-state index in [0.717, 1.165) is 45.0 Å². The smallest absolute Gasteiger partial charge is 0.224 e. The number of nitrogens with zero attached hydrogens (tertiary/aromatic N) is 3. The molecule has 2 aliphatic rings. The Balaban J connectivity index is 1.82. The number of likely N-dealkylation sites (tertiary alicyclic amines) is 2. The Morgan fingerprint density at radius 1 is 1.19 bits per heavy atom. The minimum Gasteiger partial charge on any atom is -0.357 e. The van der Waals surface area contributed by atoms with E-state index in [1.807, 2.05) is 4.90 Å². The fraction of sp³-hybridized carbons (Fsp3) is 0.875. The van der Waals surface area contributed by atoms with Crippen LogP contribution < -0.4 is 5.32 Å². The molecule has 5 heteroatoms. The second-order valence-corrected chi connectivity index (χ2v) is 6.11. The maximum Gasteiger partial charge on any atom is 0.224 e. The molecule has 2 rings (SSSR count). The van der Waals surface area contributed by atoms with Crippen molar-refractivity contribution in [2.45, 2.75) is 58.4 Å². The second-order valence-electron chi connectivity index (χ2n) is 6.11. The molecule has 120 valence electrons. The molecule has 0 saturated carbocycles. The Labute approximate surface area is 128 Å². The van der Waals surface area contributed by atoms with E-state index in [1.54, 1.807) is 0 Å². The molecule has 2 aliphatic heterocycles. The van der Waals surface area contributed by atoms with Crippen molar-refractivity contribution >= 4 is 11.9 Å². The lowest BCUT2D eigenvalue weighted by atomic mass is 10.0. The molecule has 0 spiro atoms. The third-order valence-corrected chi connectivity index (χ3v) is 4.45. The lowest BCUT2D eigenvalue weighted by Crippen LogP contribution is -2.42. The van der Waals surface area contributed by atoms with Gasteiger partial charge in [-0.25, -0.2) is 0 Å². The van der Waals surface area contributed by atoms with Crippen LogP contribution in [0.4, 0.5) is 0 Å². The highest BCUT2D eigenvalue weighted by Crippen LogP contribution is 2.17. The predicted molar refractivity (Wildman–Crippen MR) is 86.4 cm³/mol. The van der Waals surface area contributed by atoms with Gasteiger partial charge in [-0.1, -0.05) is 0 Å². The first-order chi connectivity index (χ1) is 10.2. The van der Waals surface area contributed by atoms with Crippen LogP contribution in [0.1, 0.15) is 52.4 Å². The summed E-state index contributed by atoms with van der Waals surface area (Å²) in [7, 11) is 0. The highest BCUT2D eigenvalue weighted by atomic mass is 16.2. The number of amides is 1. The van der Waals surface area contributed by atoms with Crippen molar-refractivity contribution < 1.29 is 4.79 Å². The number of guanidine groups is 1. The van der Waals surface area contributed by atoms with Crippen molar-refractivity contribution in [3.05, 3.63) is 0 Å². The van der Waals surface area contributed by atoms with Gasteiger partial charge in [-0.3, -0.25) is 9.79 Å². The molecule has 0 bridgehead atoms. The number of carbonyl (C=O) groups is 1. The Hall–Kier alpha value is -1.26. The van der Waals surface area contributed by atoms with Crippen molar-refractivity contribution in [1.82, 2.24) is 15.1 Å². The molecular weight excluding hydrogens is 264 g/mol. The van der Waals surface area contributed by atoms with Gasteiger partial charge in [0.05, 0.1) is 6.54 Å². The fourth-order valence-corrected chi connectivity index (χ4v) is 3.22.